The highest BCUT2D eigenvalue weighted by Gasteiger charge is 2.20. The summed E-state index contributed by atoms with van der Waals surface area (Å²) < 4.78 is 34.3. The molecular weight excluding hydrogens is 589 g/mol. The van der Waals surface area contributed by atoms with E-state index in [9.17, 15) is 14.3 Å². The molecule has 0 fully saturated rings. The van der Waals surface area contributed by atoms with Gasteiger partial charge in [-0.3, -0.25) is 9.36 Å². The van der Waals surface area contributed by atoms with Crippen LogP contribution in [0.5, 0.6) is 0 Å². The molecule has 0 aromatic rings. The van der Waals surface area contributed by atoms with E-state index in [0.29, 0.717) is 24.1 Å². The topological polar surface area (TPSA) is 94.1 Å². The van der Waals surface area contributed by atoms with Crippen LogP contribution in [0.4, 0.5) is 0 Å². The zero-order valence-corrected chi connectivity index (χ0v) is 30.5. The summed E-state index contributed by atoms with van der Waals surface area (Å²) in [6.07, 6.45) is 31.6. The molecule has 0 bridgehead atoms. The molecule has 0 spiro atoms. The number of unbranched alkanes of at least 4 members (excludes halogenated alkanes) is 12. The molecule has 45 heavy (non-hydrogen) atoms. The molecule has 0 aromatic carbocycles. The summed E-state index contributed by atoms with van der Waals surface area (Å²) >= 11 is 0. The number of phosphoric acid groups is 1. The van der Waals surface area contributed by atoms with Gasteiger partial charge in [0, 0.05) is 13.0 Å². The van der Waals surface area contributed by atoms with E-state index in [0.717, 1.165) is 70.6 Å². The average molecular weight is 658 g/mol. The van der Waals surface area contributed by atoms with Crippen molar-refractivity contribution >= 4 is 13.8 Å². The smallest absolute Gasteiger partial charge is 0.306 e. The molecule has 2 atom stereocenters. The van der Waals surface area contributed by atoms with Crippen molar-refractivity contribution in [2.24, 2.45) is 0 Å². The number of carbonyl (C=O) groups excluding carboxylic acids is 1. The lowest BCUT2D eigenvalue weighted by molar-refractivity contribution is -0.870. The fraction of sp³-hybridized carbons (Fsp3) is 0.806. The van der Waals surface area contributed by atoms with E-state index in [1.54, 1.807) is 0 Å². The minimum atomic E-state index is -4.51. The number of nitrogens with zero attached hydrogens (tertiary/aromatic N) is 1. The van der Waals surface area contributed by atoms with Crippen molar-refractivity contribution < 1.29 is 37.3 Å². The van der Waals surface area contributed by atoms with Gasteiger partial charge in [0.2, 0.25) is 0 Å². The van der Waals surface area contributed by atoms with E-state index in [1.807, 2.05) is 21.1 Å². The second kappa shape index (κ2) is 30.1. The molecule has 0 aliphatic carbocycles. The Morgan fingerprint density at radius 1 is 0.711 bits per heavy atom. The molecule has 0 saturated heterocycles. The van der Waals surface area contributed by atoms with Crippen LogP contribution in [-0.4, -0.2) is 70.7 Å². The molecular formula is C36H68NO7P. The highest BCUT2D eigenvalue weighted by Crippen LogP contribution is 2.38. The van der Waals surface area contributed by atoms with Gasteiger partial charge in [0.05, 0.1) is 34.4 Å². The van der Waals surface area contributed by atoms with E-state index in [1.165, 1.54) is 38.5 Å². The normalized spacial score (nSPS) is 14.5. The first-order chi connectivity index (χ1) is 21.6. The van der Waals surface area contributed by atoms with E-state index in [4.69, 9.17) is 18.5 Å². The van der Waals surface area contributed by atoms with Gasteiger partial charge in [-0.1, -0.05) is 115 Å². The quantitative estimate of drug-likeness (QED) is 0.0235. The van der Waals surface area contributed by atoms with Crippen LogP contribution in [0.3, 0.4) is 0 Å². The Morgan fingerprint density at radius 2 is 1.29 bits per heavy atom. The summed E-state index contributed by atoms with van der Waals surface area (Å²) in [6.45, 7) is 5.20. The van der Waals surface area contributed by atoms with Crippen molar-refractivity contribution in [3.63, 3.8) is 0 Å². The molecule has 0 heterocycles. The molecule has 0 aliphatic heterocycles. The molecule has 0 rings (SSSR count). The lowest BCUT2D eigenvalue weighted by Crippen LogP contribution is -2.37. The van der Waals surface area contributed by atoms with Gasteiger partial charge in [-0.2, -0.15) is 0 Å². The molecule has 0 amide bonds. The summed E-state index contributed by atoms with van der Waals surface area (Å²) in [6, 6.07) is 0. The molecule has 264 valence electrons. The minimum Gasteiger partial charge on any atom is -0.756 e. The Balaban J connectivity index is 4.36. The van der Waals surface area contributed by atoms with Gasteiger partial charge in [-0.15, -0.1) is 0 Å². The third kappa shape index (κ3) is 33.9. The first-order valence-corrected chi connectivity index (χ1v) is 19.2. The first kappa shape index (κ1) is 43.7. The fourth-order valence-corrected chi connectivity index (χ4v) is 5.17. The predicted octanol–water partition coefficient (Wildman–Crippen LogP) is 8.85. The van der Waals surface area contributed by atoms with Gasteiger partial charge >= 0.3 is 5.97 Å². The second-order valence-corrected chi connectivity index (χ2v) is 14.3. The maximum atomic E-state index is 12.5. The Morgan fingerprint density at radius 3 is 1.93 bits per heavy atom. The van der Waals surface area contributed by atoms with Crippen LogP contribution in [0.2, 0.25) is 0 Å². The van der Waals surface area contributed by atoms with Crippen molar-refractivity contribution in [2.75, 3.05) is 54.1 Å². The maximum Gasteiger partial charge on any atom is 0.306 e. The molecule has 9 heteroatoms. The number of phosphoric ester groups is 1. The second-order valence-electron chi connectivity index (χ2n) is 12.9. The zero-order valence-electron chi connectivity index (χ0n) is 29.6. The summed E-state index contributed by atoms with van der Waals surface area (Å²) in [5.41, 5.74) is 0. The summed E-state index contributed by atoms with van der Waals surface area (Å²) in [7, 11) is 1.34. The summed E-state index contributed by atoms with van der Waals surface area (Å²) in [5, 5.41) is 0. The zero-order chi connectivity index (χ0) is 33.5. The maximum absolute atomic E-state index is 12.5. The number of hydrogen-bond donors (Lipinski definition) is 0. The van der Waals surface area contributed by atoms with Crippen molar-refractivity contribution in [2.45, 2.75) is 136 Å². The number of rotatable bonds is 32. The molecule has 8 nitrogen and oxygen atoms in total. The highest BCUT2D eigenvalue weighted by molar-refractivity contribution is 7.45. The van der Waals surface area contributed by atoms with Crippen LogP contribution in [0.15, 0.2) is 36.5 Å². The van der Waals surface area contributed by atoms with Crippen molar-refractivity contribution in [1.82, 2.24) is 0 Å². The van der Waals surface area contributed by atoms with Gasteiger partial charge in [-0.05, 0) is 44.9 Å². The predicted molar refractivity (Wildman–Crippen MR) is 185 cm³/mol. The Hall–Kier alpha value is -1.28. The number of carbonyl (C=O) groups is 1. The number of quaternary nitrogens is 1. The SMILES string of the molecule is CC/C=C\C/C=C\C/C=C\CCCCCCOCC(COP(=O)([O-])OCC[N+](C)(C)C)OC(=O)CCCCCCCCCCC. The third-order valence-electron chi connectivity index (χ3n) is 7.21. The highest BCUT2D eigenvalue weighted by atomic mass is 31.2. The Labute approximate surface area is 276 Å². The number of likely N-dealkylation sites (N-methyl/N-ethyl adjacent to an activating group) is 1. The Bertz CT molecular complexity index is 823. The third-order valence-corrected chi connectivity index (χ3v) is 8.17. The van der Waals surface area contributed by atoms with Crippen LogP contribution in [-0.2, 0) is 27.9 Å². The van der Waals surface area contributed by atoms with Crippen molar-refractivity contribution in [3.8, 4) is 0 Å². The van der Waals surface area contributed by atoms with E-state index in [-0.39, 0.29) is 25.8 Å². The molecule has 2 unspecified atom stereocenters. The molecule has 0 radical (unpaired) electrons. The van der Waals surface area contributed by atoms with Crippen LogP contribution >= 0.6 is 7.82 Å². The molecule has 0 aromatic heterocycles. The van der Waals surface area contributed by atoms with Crippen LogP contribution in [0.25, 0.3) is 0 Å². The first-order valence-electron chi connectivity index (χ1n) is 17.7. The molecule has 0 aliphatic rings. The monoisotopic (exact) mass is 657 g/mol. The summed E-state index contributed by atoms with van der Waals surface area (Å²) in [5.74, 6) is -0.348. The largest absolute Gasteiger partial charge is 0.756 e. The van der Waals surface area contributed by atoms with E-state index in [2.05, 4.69) is 50.3 Å². The van der Waals surface area contributed by atoms with E-state index >= 15 is 0 Å². The van der Waals surface area contributed by atoms with Crippen LogP contribution in [0, 0.1) is 0 Å². The van der Waals surface area contributed by atoms with Gasteiger partial charge in [-0.25, -0.2) is 0 Å². The van der Waals surface area contributed by atoms with Gasteiger partial charge in [0.25, 0.3) is 7.82 Å². The Kier molecular flexibility index (Phi) is 29.2. The number of ether oxygens (including phenoxy) is 2. The molecule has 0 N–H and O–H groups in total. The van der Waals surface area contributed by atoms with Gasteiger partial charge in [0.1, 0.15) is 19.3 Å². The van der Waals surface area contributed by atoms with Crippen molar-refractivity contribution in [3.05, 3.63) is 36.5 Å². The van der Waals surface area contributed by atoms with Gasteiger partial charge < -0.3 is 27.9 Å². The summed E-state index contributed by atoms with van der Waals surface area (Å²) in [4.78, 5) is 24.8. The van der Waals surface area contributed by atoms with E-state index < -0.39 is 13.9 Å². The number of hydrogen-bond acceptors (Lipinski definition) is 7. The van der Waals surface area contributed by atoms with Crippen LogP contribution < -0.4 is 4.89 Å². The average Bonchev–Trinajstić information content (AvgIpc) is 2.98. The number of esters is 1. The molecule has 0 saturated carbocycles. The van der Waals surface area contributed by atoms with Crippen LogP contribution in [0.1, 0.15) is 129 Å². The standard InChI is InChI=1S/C36H68NO7P/c1-6-8-10-12-14-16-17-18-19-20-22-24-26-28-31-41-33-35(34-43-45(39,40)42-32-30-37(3,4)5)44-36(38)29-27-25-23-21-15-13-11-9-7-2/h8,10,14,16,18-19,35H,6-7,9,11-13,15,17,20-34H2,1-5H3/b10-8-,16-14-,19-18-. The van der Waals surface area contributed by atoms with Crippen molar-refractivity contribution in [1.29, 1.82) is 0 Å². The minimum absolute atomic E-state index is 0.0214. The van der Waals surface area contributed by atoms with Gasteiger partial charge in [0.15, 0.2) is 0 Å². The number of allylic oxidation sites excluding steroid dienone is 6. The lowest BCUT2D eigenvalue weighted by Gasteiger charge is -2.28. The fourth-order valence-electron chi connectivity index (χ4n) is 4.44. The lowest BCUT2D eigenvalue weighted by atomic mass is 10.1.